The van der Waals surface area contributed by atoms with Gasteiger partial charge in [-0.05, 0) is 64.3 Å². The summed E-state index contributed by atoms with van der Waals surface area (Å²) in [4.78, 5) is 18.6. The first kappa shape index (κ1) is 26.6. The molecular formula is C32H37N3O5. The van der Waals surface area contributed by atoms with Crippen molar-refractivity contribution < 1.29 is 24.1 Å². The zero-order valence-electron chi connectivity index (χ0n) is 23.4. The van der Waals surface area contributed by atoms with Gasteiger partial charge in [-0.2, -0.15) is 0 Å². The number of aryl methyl sites for hydroxylation is 1. The van der Waals surface area contributed by atoms with Crippen LogP contribution in [0.3, 0.4) is 0 Å². The van der Waals surface area contributed by atoms with Gasteiger partial charge in [0.1, 0.15) is 5.82 Å². The molecular weight excluding hydrogens is 506 g/mol. The molecule has 2 atom stereocenters. The number of para-hydroxylation sites is 1. The predicted molar refractivity (Wildman–Crippen MR) is 151 cm³/mol. The van der Waals surface area contributed by atoms with Gasteiger partial charge in [0.05, 0.1) is 31.1 Å². The van der Waals surface area contributed by atoms with Crippen molar-refractivity contribution in [1.82, 2.24) is 14.5 Å². The zero-order valence-corrected chi connectivity index (χ0v) is 23.4. The minimum Gasteiger partial charge on any atom is -0.478 e. The normalized spacial score (nSPS) is 23.3. The minimum atomic E-state index is -0.919. The molecule has 1 aromatic heterocycles. The fourth-order valence-corrected chi connectivity index (χ4v) is 5.84. The second-order valence-electron chi connectivity index (χ2n) is 11.4. The number of carboxylic acids is 1. The van der Waals surface area contributed by atoms with Crippen LogP contribution in [0.2, 0.25) is 0 Å². The highest BCUT2D eigenvalue weighted by Gasteiger charge is 2.41. The molecule has 8 heteroatoms. The van der Waals surface area contributed by atoms with Crippen molar-refractivity contribution in [2.75, 3.05) is 19.7 Å². The van der Waals surface area contributed by atoms with Crippen LogP contribution in [-0.2, 0) is 28.4 Å². The van der Waals surface area contributed by atoms with E-state index in [-0.39, 0.29) is 6.10 Å². The van der Waals surface area contributed by atoms with Gasteiger partial charge in [0, 0.05) is 30.2 Å². The third-order valence-electron chi connectivity index (χ3n) is 8.43. The summed E-state index contributed by atoms with van der Waals surface area (Å²) < 4.78 is 20.7. The van der Waals surface area contributed by atoms with Gasteiger partial charge in [-0.1, -0.05) is 42.0 Å². The van der Waals surface area contributed by atoms with Gasteiger partial charge in [0.2, 0.25) is 0 Å². The van der Waals surface area contributed by atoms with Crippen LogP contribution in [0, 0.1) is 6.92 Å². The van der Waals surface area contributed by atoms with Gasteiger partial charge in [0.15, 0.2) is 11.5 Å². The molecule has 0 bridgehead atoms. The Bertz CT molecular complexity index is 1420. The molecule has 6 rings (SSSR count). The van der Waals surface area contributed by atoms with Crippen molar-refractivity contribution in [1.29, 1.82) is 0 Å². The number of hydrogen-bond acceptors (Lipinski definition) is 6. The van der Waals surface area contributed by atoms with Gasteiger partial charge in [-0.15, -0.1) is 0 Å². The van der Waals surface area contributed by atoms with E-state index >= 15 is 0 Å². The quantitative estimate of drug-likeness (QED) is 0.376. The largest absolute Gasteiger partial charge is 0.478 e. The summed E-state index contributed by atoms with van der Waals surface area (Å²) in [6.45, 7) is 9.75. The highest BCUT2D eigenvalue weighted by atomic mass is 16.7. The summed E-state index contributed by atoms with van der Waals surface area (Å²) in [6, 6.07) is 14.6. The third kappa shape index (κ3) is 5.25. The van der Waals surface area contributed by atoms with Crippen LogP contribution < -0.4 is 9.47 Å². The Morgan fingerprint density at radius 2 is 1.88 bits per heavy atom. The number of fused-ring (bicyclic) bond motifs is 1. The van der Waals surface area contributed by atoms with Gasteiger partial charge < -0.3 is 23.9 Å². The number of likely N-dealkylation sites (tertiary alicyclic amines) is 1. The number of ether oxygens (including phenoxy) is 3. The maximum absolute atomic E-state index is 11.4. The molecule has 0 aliphatic carbocycles. The Morgan fingerprint density at radius 3 is 2.55 bits per heavy atom. The standard InChI is InChI=1S/C32H37N3O5/c1-21-7-9-24(10-8-21)32(3)39-28-6-4-5-27(30(28)40-32)23-11-14-34(15-12-23)20-29-33-18-25(17-22(2)31(36)37)35(29)19-26-13-16-38-26/h4-10,17-18,23,26H,11-16,19-20H2,1-3H3,(H,36,37)/b22-17+/t26-,32+/m0/s1. The molecule has 0 saturated carbocycles. The summed E-state index contributed by atoms with van der Waals surface area (Å²) in [5, 5.41) is 9.37. The van der Waals surface area contributed by atoms with Crippen molar-refractivity contribution >= 4 is 12.0 Å². The molecule has 3 aromatic rings. The number of carbonyl (C=O) groups is 1. The average Bonchev–Trinajstić information content (AvgIpc) is 3.46. The van der Waals surface area contributed by atoms with Crippen LogP contribution in [0.15, 0.2) is 54.2 Å². The fraction of sp³-hybridized carbons (Fsp3) is 0.438. The highest BCUT2D eigenvalue weighted by molar-refractivity contribution is 5.91. The number of piperidine rings is 1. The zero-order chi connectivity index (χ0) is 27.9. The summed E-state index contributed by atoms with van der Waals surface area (Å²) in [5.74, 6) is 1.25. The molecule has 2 aromatic carbocycles. The number of nitrogens with zero attached hydrogens (tertiary/aromatic N) is 3. The topological polar surface area (TPSA) is 86.0 Å². The number of rotatable bonds is 8. The number of aromatic nitrogens is 2. The van der Waals surface area contributed by atoms with Crippen LogP contribution >= 0.6 is 0 Å². The van der Waals surface area contributed by atoms with Crippen molar-refractivity contribution in [3.63, 3.8) is 0 Å². The molecule has 1 N–H and O–H groups in total. The van der Waals surface area contributed by atoms with E-state index in [1.807, 2.05) is 13.0 Å². The second-order valence-corrected chi connectivity index (χ2v) is 11.4. The molecule has 8 nitrogen and oxygen atoms in total. The highest BCUT2D eigenvalue weighted by Crippen LogP contribution is 2.49. The Balaban J connectivity index is 1.14. The van der Waals surface area contributed by atoms with Gasteiger partial charge in [-0.3, -0.25) is 4.90 Å². The summed E-state index contributed by atoms with van der Waals surface area (Å²) in [7, 11) is 0. The van der Waals surface area contributed by atoms with Crippen LogP contribution in [-0.4, -0.2) is 51.3 Å². The molecule has 0 amide bonds. The summed E-state index contributed by atoms with van der Waals surface area (Å²) >= 11 is 0. The summed E-state index contributed by atoms with van der Waals surface area (Å²) in [6.07, 6.45) is 6.68. The van der Waals surface area contributed by atoms with Crippen molar-refractivity contribution in [3.05, 3.63) is 82.4 Å². The fourth-order valence-electron chi connectivity index (χ4n) is 5.84. The van der Waals surface area contributed by atoms with E-state index in [2.05, 4.69) is 52.8 Å². The molecule has 0 unspecified atom stereocenters. The number of imidazole rings is 1. The first-order valence-electron chi connectivity index (χ1n) is 14.2. The van der Waals surface area contributed by atoms with E-state index in [0.717, 1.165) is 74.1 Å². The van der Waals surface area contributed by atoms with Gasteiger partial charge in [-0.25, -0.2) is 9.78 Å². The molecule has 4 heterocycles. The lowest BCUT2D eigenvalue weighted by Crippen LogP contribution is -2.35. The maximum atomic E-state index is 11.4. The minimum absolute atomic E-state index is 0.156. The molecule has 0 radical (unpaired) electrons. The van der Waals surface area contributed by atoms with Gasteiger partial charge >= 0.3 is 5.97 Å². The molecule has 0 spiro atoms. The van der Waals surface area contributed by atoms with Crippen molar-refractivity contribution in [3.8, 4) is 11.5 Å². The van der Waals surface area contributed by atoms with Crippen LogP contribution in [0.25, 0.3) is 6.08 Å². The summed E-state index contributed by atoms with van der Waals surface area (Å²) in [5.41, 5.74) is 4.54. The third-order valence-corrected chi connectivity index (χ3v) is 8.43. The SMILES string of the molecule is C/C(=C\c1cnc(CN2CCC(c3cccc4c3O[C@](C)(c3ccc(C)cc3)O4)CC2)n1C[C@@H]1CCO1)C(=O)O. The molecule has 40 heavy (non-hydrogen) atoms. The molecule has 210 valence electrons. The number of benzene rings is 2. The Kier molecular flexibility index (Phi) is 7.15. The lowest BCUT2D eigenvalue weighted by Gasteiger charge is -2.33. The van der Waals surface area contributed by atoms with E-state index in [9.17, 15) is 9.90 Å². The number of carboxylic acid groups (broad SMARTS) is 1. The first-order valence-corrected chi connectivity index (χ1v) is 14.2. The first-order chi connectivity index (χ1) is 19.3. The molecule has 2 fully saturated rings. The van der Waals surface area contributed by atoms with E-state index in [1.54, 1.807) is 19.2 Å². The lowest BCUT2D eigenvalue weighted by molar-refractivity contribution is -0.132. The molecule has 2 saturated heterocycles. The van der Waals surface area contributed by atoms with E-state index in [0.29, 0.717) is 18.0 Å². The van der Waals surface area contributed by atoms with Crippen LogP contribution in [0.4, 0.5) is 0 Å². The van der Waals surface area contributed by atoms with Gasteiger partial charge in [0.25, 0.3) is 5.79 Å². The Hall–Kier alpha value is -3.62. The monoisotopic (exact) mass is 543 g/mol. The number of hydrogen-bond donors (Lipinski definition) is 1. The predicted octanol–water partition coefficient (Wildman–Crippen LogP) is 5.49. The number of aliphatic carboxylic acids is 1. The lowest BCUT2D eigenvalue weighted by atomic mass is 9.88. The maximum Gasteiger partial charge on any atom is 0.331 e. The van der Waals surface area contributed by atoms with E-state index < -0.39 is 11.8 Å². The molecule has 3 aliphatic rings. The van der Waals surface area contributed by atoms with E-state index in [4.69, 9.17) is 19.2 Å². The van der Waals surface area contributed by atoms with Crippen molar-refractivity contribution in [2.45, 2.75) is 70.9 Å². The smallest absolute Gasteiger partial charge is 0.331 e. The Morgan fingerprint density at radius 1 is 1.12 bits per heavy atom. The average molecular weight is 544 g/mol. The molecule has 3 aliphatic heterocycles. The van der Waals surface area contributed by atoms with E-state index in [1.165, 1.54) is 11.1 Å². The Labute approximate surface area is 235 Å². The van der Waals surface area contributed by atoms with Crippen LogP contribution in [0.1, 0.15) is 67.2 Å². The van der Waals surface area contributed by atoms with Crippen molar-refractivity contribution in [2.24, 2.45) is 0 Å². The van der Waals surface area contributed by atoms with Crippen LogP contribution in [0.5, 0.6) is 11.5 Å². The second kappa shape index (κ2) is 10.7.